The van der Waals surface area contributed by atoms with E-state index >= 15 is 0 Å². The predicted octanol–water partition coefficient (Wildman–Crippen LogP) is 3.70. The Kier molecular flexibility index (Phi) is 5.01. The third-order valence-electron chi connectivity index (χ3n) is 4.40. The number of likely N-dealkylation sites (tertiary alicyclic amines) is 1. The number of amides is 1. The quantitative estimate of drug-likeness (QED) is 0.899. The molecule has 0 saturated carbocycles. The van der Waals surface area contributed by atoms with Crippen LogP contribution in [0.5, 0.6) is 5.75 Å². The van der Waals surface area contributed by atoms with Gasteiger partial charge in [0.05, 0.1) is 5.69 Å². The maximum atomic E-state index is 12.1. The van der Waals surface area contributed by atoms with E-state index in [4.69, 9.17) is 4.74 Å². The molecule has 126 valence electrons. The van der Waals surface area contributed by atoms with Crippen LogP contribution in [-0.2, 0) is 4.74 Å². The molecule has 0 unspecified atom stereocenters. The number of phenols is 1. The van der Waals surface area contributed by atoms with Crippen molar-refractivity contribution in [2.75, 3.05) is 25.5 Å². The highest BCUT2D eigenvalue weighted by molar-refractivity contribution is 5.91. The van der Waals surface area contributed by atoms with Gasteiger partial charge in [0.15, 0.2) is 0 Å². The molecule has 1 fully saturated rings. The van der Waals surface area contributed by atoms with Crippen LogP contribution in [0.15, 0.2) is 48.5 Å². The summed E-state index contributed by atoms with van der Waals surface area (Å²) >= 11 is 0. The van der Waals surface area contributed by atoms with E-state index in [0.717, 1.165) is 30.5 Å². The van der Waals surface area contributed by atoms with Crippen LogP contribution in [0, 0.1) is 0 Å². The Morgan fingerprint density at radius 2 is 2.12 bits per heavy atom. The zero-order valence-corrected chi connectivity index (χ0v) is 13.7. The van der Waals surface area contributed by atoms with Gasteiger partial charge >= 0.3 is 6.09 Å². The molecule has 1 aliphatic heterocycles. The number of hydrogen-bond acceptors (Lipinski definition) is 4. The smallest absolute Gasteiger partial charge is 0.411 e. The first-order chi connectivity index (χ1) is 11.6. The molecule has 0 aliphatic carbocycles. The first kappa shape index (κ1) is 16.3. The molecular weight excluding hydrogens is 304 g/mol. The van der Waals surface area contributed by atoms with E-state index in [1.54, 1.807) is 18.2 Å². The third-order valence-corrected chi connectivity index (χ3v) is 4.40. The Labute approximate surface area is 141 Å². The van der Waals surface area contributed by atoms with Crippen LogP contribution in [0.1, 0.15) is 12.8 Å². The molecule has 3 rings (SSSR count). The topological polar surface area (TPSA) is 61.8 Å². The lowest BCUT2D eigenvalue weighted by molar-refractivity contribution is 0.127. The molecule has 0 aromatic heterocycles. The lowest BCUT2D eigenvalue weighted by Crippen LogP contribution is -2.31. The summed E-state index contributed by atoms with van der Waals surface area (Å²) in [7, 11) is 2.05. The molecule has 0 bridgehead atoms. The number of nitrogens with one attached hydrogen (secondary N) is 1. The highest BCUT2D eigenvalue weighted by Crippen LogP contribution is 2.30. The number of rotatable bonds is 4. The molecule has 2 aromatic carbocycles. The highest BCUT2D eigenvalue weighted by atomic mass is 16.5. The number of likely N-dealkylation sites (N-methyl/N-ethyl adjacent to an activating group) is 1. The maximum Gasteiger partial charge on any atom is 0.411 e. The molecule has 2 aromatic rings. The fraction of sp³-hybridized carbons (Fsp3) is 0.316. The normalized spacial score (nSPS) is 17.6. The minimum Gasteiger partial charge on any atom is -0.508 e. The molecule has 5 heteroatoms. The summed E-state index contributed by atoms with van der Waals surface area (Å²) in [4.78, 5) is 14.3. The summed E-state index contributed by atoms with van der Waals surface area (Å²) in [6.45, 7) is 1.45. The van der Waals surface area contributed by atoms with E-state index in [2.05, 4.69) is 17.3 Å². The number of carbonyl (C=O) groups is 1. The minimum atomic E-state index is -0.456. The largest absolute Gasteiger partial charge is 0.508 e. The van der Waals surface area contributed by atoms with Crippen molar-refractivity contribution in [1.82, 2.24) is 4.90 Å². The average molecular weight is 326 g/mol. The predicted molar refractivity (Wildman–Crippen MR) is 94.2 cm³/mol. The Morgan fingerprint density at radius 1 is 1.29 bits per heavy atom. The zero-order valence-electron chi connectivity index (χ0n) is 13.7. The Hall–Kier alpha value is -2.53. The summed E-state index contributed by atoms with van der Waals surface area (Å²) < 4.78 is 5.37. The first-order valence-electron chi connectivity index (χ1n) is 8.16. The van der Waals surface area contributed by atoms with Crippen molar-refractivity contribution in [3.63, 3.8) is 0 Å². The molecule has 5 nitrogen and oxygen atoms in total. The van der Waals surface area contributed by atoms with Crippen LogP contribution in [0.25, 0.3) is 11.1 Å². The van der Waals surface area contributed by atoms with Gasteiger partial charge in [-0.25, -0.2) is 4.79 Å². The SMILES string of the molecule is CN1CCC[C@H]1COC(=O)Nc1ccccc1-c1cccc(O)c1. The van der Waals surface area contributed by atoms with Gasteiger partial charge in [0.25, 0.3) is 0 Å². The highest BCUT2D eigenvalue weighted by Gasteiger charge is 2.22. The van der Waals surface area contributed by atoms with Gasteiger partial charge < -0.3 is 14.7 Å². The Balaban J connectivity index is 1.68. The monoisotopic (exact) mass is 326 g/mol. The van der Waals surface area contributed by atoms with E-state index in [1.165, 1.54) is 0 Å². The number of para-hydroxylation sites is 1. The van der Waals surface area contributed by atoms with Crippen molar-refractivity contribution in [2.24, 2.45) is 0 Å². The van der Waals surface area contributed by atoms with Crippen LogP contribution in [0.3, 0.4) is 0 Å². The van der Waals surface area contributed by atoms with E-state index in [-0.39, 0.29) is 5.75 Å². The van der Waals surface area contributed by atoms with Gasteiger partial charge in [-0.05, 0) is 50.2 Å². The van der Waals surface area contributed by atoms with Gasteiger partial charge in [0, 0.05) is 11.6 Å². The van der Waals surface area contributed by atoms with Gasteiger partial charge in [-0.1, -0.05) is 30.3 Å². The summed E-state index contributed by atoms with van der Waals surface area (Å²) in [5.41, 5.74) is 2.33. The summed E-state index contributed by atoms with van der Waals surface area (Å²) in [5.74, 6) is 0.189. The number of nitrogens with zero attached hydrogens (tertiary/aromatic N) is 1. The molecule has 1 saturated heterocycles. The number of phenolic OH excluding ortho intramolecular Hbond substituents is 1. The molecule has 1 heterocycles. The second-order valence-electron chi connectivity index (χ2n) is 6.10. The van der Waals surface area contributed by atoms with Crippen molar-refractivity contribution in [3.8, 4) is 16.9 Å². The second kappa shape index (κ2) is 7.36. The van der Waals surface area contributed by atoms with Gasteiger partial charge in [0.1, 0.15) is 12.4 Å². The third kappa shape index (κ3) is 3.86. The van der Waals surface area contributed by atoms with Gasteiger partial charge in [-0.2, -0.15) is 0 Å². The molecular formula is C19H22N2O3. The maximum absolute atomic E-state index is 12.1. The van der Waals surface area contributed by atoms with Crippen molar-refractivity contribution in [3.05, 3.63) is 48.5 Å². The van der Waals surface area contributed by atoms with Crippen LogP contribution in [0.2, 0.25) is 0 Å². The Morgan fingerprint density at radius 3 is 2.88 bits per heavy atom. The lowest BCUT2D eigenvalue weighted by Gasteiger charge is -2.19. The fourth-order valence-corrected chi connectivity index (χ4v) is 3.03. The van der Waals surface area contributed by atoms with Crippen LogP contribution >= 0.6 is 0 Å². The van der Waals surface area contributed by atoms with Crippen molar-refractivity contribution >= 4 is 11.8 Å². The summed E-state index contributed by atoms with van der Waals surface area (Å²) in [6, 6.07) is 14.7. The van der Waals surface area contributed by atoms with Crippen LogP contribution < -0.4 is 5.32 Å². The molecule has 0 spiro atoms. The molecule has 24 heavy (non-hydrogen) atoms. The van der Waals surface area contributed by atoms with Gasteiger partial charge in [-0.3, -0.25) is 5.32 Å². The number of carbonyl (C=O) groups excluding carboxylic acids is 1. The van der Waals surface area contributed by atoms with E-state index in [1.807, 2.05) is 30.3 Å². The Bertz CT molecular complexity index is 717. The van der Waals surface area contributed by atoms with Crippen molar-refractivity contribution in [2.45, 2.75) is 18.9 Å². The lowest BCUT2D eigenvalue weighted by atomic mass is 10.0. The van der Waals surface area contributed by atoms with Crippen molar-refractivity contribution in [1.29, 1.82) is 0 Å². The standard InChI is InChI=1S/C19H22N2O3/c1-21-11-5-7-15(21)13-24-19(23)20-18-10-3-2-9-17(18)14-6-4-8-16(22)12-14/h2-4,6,8-10,12,15,22H,5,7,11,13H2,1H3,(H,20,23)/t15-/m0/s1. The number of aromatic hydroxyl groups is 1. The van der Waals surface area contributed by atoms with E-state index in [9.17, 15) is 9.90 Å². The molecule has 2 N–H and O–H groups in total. The number of hydrogen-bond donors (Lipinski definition) is 2. The minimum absolute atomic E-state index is 0.189. The molecule has 1 amide bonds. The number of ether oxygens (including phenoxy) is 1. The summed E-state index contributed by atoms with van der Waals surface area (Å²) in [6.07, 6.45) is 1.75. The number of anilines is 1. The fourth-order valence-electron chi connectivity index (χ4n) is 3.03. The average Bonchev–Trinajstić information content (AvgIpc) is 2.98. The molecule has 0 radical (unpaired) electrons. The summed E-state index contributed by atoms with van der Waals surface area (Å²) in [5, 5.41) is 12.5. The van der Waals surface area contributed by atoms with E-state index < -0.39 is 6.09 Å². The zero-order chi connectivity index (χ0) is 16.9. The molecule has 1 atom stereocenters. The number of benzene rings is 2. The molecule has 1 aliphatic rings. The second-order valence-corrected chi connectivity index (χ2v) is 6.10. The van der Waals surface area contributed by atoms with Crippen LogP contribution in [-0.4, -0.2) is 42.3 Å². The van der Waals surface area contributed by atoms with E-state index in [0.29, 0.717) is 18.3 Å². The van der Waals surface area contributed by atoms with Crippen LogP contribution in [0.4, 0.5) is 10.5 Å². The van der Waals surface area contributed by atoms with Gasteiger partial charge in [-0.15, -0.1) is 0 Å². The first-order valence-corrected chi connectivity index (χ1v) is 8.16. The van der Waals surface area contributed by atoms with Crippen molar-refractivity contribution < 1.29 is 14.6 Å². The van der Waals surface area contributed by atoms with Gasteiger partial charge in [0.2, 0.25) is 0 Å².